The Hall–Kier alpha value is -1.65. The molecule has 21 heavy (non-hydrogen) atoms. The van der Waals surface area contributed by atoms with Gasteiger partial charge in [-0.1, -0.05) is 0 Å². The highest BCUT2D eigenvalue weighted by molar-refractivity contribution is 7.89. The highest BCUT2D eigenvalue weighted by atomic mass is 32.2. The standard InChI is InChI=1S/C11H20N4O5S/c1-14-8-13-10(12)11(14)21(17,18)15(6-7-19-2)5-4-9(16)20-3/h8H,4-7,12H2,1-3H3. The molecule has 9 nitrogen and oxygen atoms in total. The zero-order chi connectivity index (χ0) is 16.0. The zero-order valence-electron chi connectivity index (χ0n) is 12.3. The lowest BCUT2D eigenvalue weighted by Gasteiger charge is -2.21. The number of sulfonamides is 1. The van der Waals surface area contributed by atoms with E-state index in [1.165, 1.54) is 32.2 Å². The minimum Gasteiger partial charge on any atom is -0.469 e. The number of rotatable bonds is 8. The Kier molecular flexibility index (Phi) is 6.12. The van der Waals surface area contributed by atoms with Crippen LogP contribution in [0.4, 0.5) is 5.82 Å². The van der Waals surface area contributed by atoms with Gasteiger partial charge < -0.3 is 19.8 Å². The Labute approximate surface area is 123 Å². The van der Waals surface area contributed by atoms with Gasteiger partial charge >= 0.3 is 5.97 Å². The summed E-state index contributed by atoms with van der Waals surface area (Å²) in [5.74, 6) is -0.580. The number of aryl methyl sites for hydroxylation is 1. The zero-order valence-corrected chi connectivity index (χ0v) is 13.1. The maximum atomic E-state index is 12.6. The van der Waals surface area contributed by atoms with Crippen molar-refractivity contribution in [1.82, 2.24) is 13.9 Å². The number of hydrogen-bond donors (Lipinski definition) is 1. The molecular weight excluding hydrogens is 300 g/mol. The summed E-state index contributed by atoms with van der Waals surface area (Å²) >= 11 is 0. The van der Waals surface area contributed by atoms with Crippen molar-refractivity contribution in [2.45, 2.75) is 11.4 Å². The lowest BCUT2D eigenvalue weighted by molar-refractivity contribution is -0.140. The van der Waals surface area contributed by atoms with Gasteiger partial charge in [0.15, 0.2) is 10.8 Å². The molecule has 0 aliphatic rings. The molecule has 1 aromatic rings. The first kappa shape index (κ1) is 17.4. The van der Waals surface area contributed by atoms with Gasteiger partial charge in [-0.25, -0.2) is 13.4 Å². The van der Waals surface area contributed by atoms with Crippen LogP contribution >= 0.6 is 0 Å². The number of ether oxygens (including phenoxy) is 2. The third-order valence-corrected chi connectivity index (χ3v) is 4.86. The summed E-state index contributed by atoms with van der Waals surface area (Å²) in [4.78, 5) is 15.0. The van der Waals surface area contributed by atoms with Gasteiger partial charge in [0.05, 0.1) is 26.5 Å². The van der Waals surface area contributed by atoms with E-state index in [9.17, 15) is 13.2 Å². The molecule has 0 spiro atoms. The van der Waals surface area contributed by atoms with E-state index in [1.54, 1.807) is 0 Å². The van der Waals surface area contributed by atoms with E-state index < -0.39 is 16.0 Å². The van der Waals surface area contributed by atoms with Crippen molar-refractivity contribution in [2.75, 3.05) is 39.6 Å². The van der Waals surface area contributed by atoms with Crippen LogP contribution in [0.15, 0.2) is 11.4 Å². The van der Waals surface area contributed by atoms with Gasteiger partial charge in [0.2, 0.25) is 0 Å². The van der Waals surface area contributed by atoms with Crippen molar-refractivity contribution in [3.63, 3.8) is 0 Å². The van der Waals surface area contributed by atoms with Crippen LogP contribution in [0.25, 0.3) is 0 Å². The Morgan fingerprint density at radius 1 is 1.43 bits per heavy atom. The van der Waals surface area contributed by atoms with Crippen molar-refractivity contribution in [1.29, 1.82) is 0 Å². The van der Waals surface area contributed by atoms with Crippen molar-refractivity contribution in [3.05, 3.63) is 6.33 Å². The van der Waals surface area contributed by atoms with Crippen LogP contribution in [0.5, 0.6) is 0 Å². The van der Waals surface area contributed by atoms with Crippen LogP contribution in [-0.2, 0) is 31.3 Å². The minimum absolute atomic E-state index is 0.0248. The molecule has 0 amide bonds. The van der Waals surface area contributed by atoms with Gasteiger partial charge in [0.1, 0.15) is 0 Å². The Balaban J connectivity index is 3.03. The van der Waals surface area contributed by atoms with Crippen molar-refractivity contribution < 1.29 is 22.7 Å². The fourth-order valence-electron chi connectivity index (χ4n) is 1.74. The molecule has 0 radical (unpaired) electrons. The first-order chi connectivity index (χ1) is 9.84. The molecule has 10 heteroatoms. The normalized spacial score (nSPS) is 11.8. The molecule has 120 valence electrons. The summed E-state index contributed by atoms with van der Waals surface area (Å²) in [7, 11) is 0.366. The first-order valence-corrected chi connectivity index (χ1v) is 7.61. The molecule has 1 heterocycles. The quantitative estimate of drug-likeness (QED) is 0.623. The molecule has 0 aliphatic carbocycles. The SMILES string of the molecule is COCCN(CCC(=O)OC)S(=O)(=O)c1c(N)ncn1C. The average Bonchev–Trinajstić information content (AvgIpc) is 2.77. The van der Waals surface area contributed by atoms with E-state index in [4.69, 9.17) is 10.5 Å². The van der Waals surface area contributed by atoms with E-state index in [0.29, 0.717) is 0 Å². The molecule has 0 aromatic carbocycles. The Morgan fingerprint density at radius 2 is 2.10 bits per heavy atom. The molecule has 0 fully saturated rings. The largest absolute Gasteiger partial charge is 0.469 e. The van der Waals surface area contributed by atoms with Crippen LogP contribution in [0.2, 0.25) is 0 Å². The second kappa shape index (κ2) is 7.38. The molecule has 0 bridgehead atoms. The third kappa shape index (κ3) is 4.16. The van der Waals surface area contributed by atoms with E-state index >= 15 is 0 Å². The van der Waals surface area contributed by atoms with E-state index in [1.807, 2.05) is 0 Å². The Morgan fingerprint density at radius 3 is 2.57 bits per heavy atom. The van der Waals surface area contributed by atoms with Crippen LogP contribution in [0.1, 0.15) is 6.42 Å². The summed E-state index contributed by atoms with van der Waals surface area (Å²) in [6.45, 7) is 0.265. The third-order valence-electron chi connectivity index (χ3n) is 2.83. The molecule has 2 N–H and O–H groups in total. The van der Waals surface area contributed by atoms with Crippen LogP contribution in [0, 0.1) is 0 Å². The summed E-state index contributed by atoms with van der Waals surface area (Å²) in [6, 6.07) is 0. The number of carbonyl (C=O) groups is 1. The van der Waals surface area contributed by atoms with Gasteiger partial charge in [0, 0.05) is 27.2 Å². The number of hydrogen-bond acceptors (Lipinski definition) is 7. The van der Waals surface area contributed by atoms with Gasteiger partial charge in [-0.2, -0.15) is 4.31 Å². The number of nitrogens with zero attached hydrogens (tertiary/aromatic N) is 3. The minimum atomic E-state index is -3.87. The van der Waals surface area contributed by atoms with Crippen LogP contribution < -0.4 is 5.73 Å². The maximum absolute atomic E-state index is 12.6. The fraction of sp³-hybridized carbons (Fsp3) is 0.636. The number of carbonyl (C=O) groups excluding carboxylic acids is 1. The summed E-state index contributed by atoms with van der Waals surface area (Å²) in [6.07, 6.45) is 1.26. The highest BCUT2D eigenvalue weighted by Gasteiger charge is 2.30. The number of imidazole rings is 1. The molecule has 1 aromatic heterocycles. The average molecular weight is 320 g/mol. The predicted octanol–water partition coefficient (Wildman–Crippen LogP) is -0.797. The van der Waals surface area contributed by atoms with Gasteiger partial charge in [-0.05, 0) is 0 Å². The van der Waals surface area contributed by atoms with Crippen LogP contribution in [0.3, 0.4) is 0 Å². The topological polar surface area (TPSA) is 117 Å². The number of esters is 1. The summed E-state index contributed by atoms with van der Waals surface area (Å²) in [5.41, 5.74) is 5.62. The molecule has 0 unspecified atom stereocenters. The lowest BCUT2D eigenvalue weighted by atomic mass is 10.4. The first-order valence-electron chi connectivity index (χ1n) is 6.17. The molecule has 0 aliphatic heterocycles. The maximum Gasteiger partial charge on any atom is 0.306 e. The molecule has 0 atom stereocenters. The van der Waals surface area contributed by atoms with Gasteiger partial charge in [-0.3, -0.25) is 4.79 Å². The second-order valence-electron chi connectivity index (χ2n) is 4.27. The van der Waals surface area contributed by atoms with Crippen molar-refractivity contribution in [3.8, 4) is 0 Å². The van der Waals surface area contributed by atoms with Crippen molar-refractivity contribution in [2.24, 2.45) is 7.05 Å². The lowest BCUT2D eigenvalue weighted by Crippen LogP contribution is -2.37. The number of nitrogens with two attached hydrogens (primary N) is 1. The highest BCUT2D eigenvalue weighted by Crippen LogP contribution is 2.20. The van der Waals surface area contributed by atoms with E-state index in [2.05, 4.69) is 9.72 Å². The smallest absolute Gasteiger partial charge is 0.306 e. The number of methoxy groups -OCH3 is 2. The number of anilines is 1. The van der Waals surface area contributed by atoms with Gasteiger partial charge in [-0.15, -0.1) is 0 Å². The predicted molar refractivity (Wildman–Crippen MR) is 74.9 cm³/mol. The van der Waals surface area contributed by atoms with Crippen LogP contribution in [-0.4, -0.2) is 62.2 Å². The monoisotopic (exact) mass is 320 g/mol. The second-order valence-corrected chi connectivity index (χ2v) is 6.12. The molecule has 0 saturated heterocycles. The molecule has 0 saturated carbocycles. The summed E-state index contributed by atoms with van der Waals surface area (Å²) in [5, 5.41) is -0.108. The summed E-state index contributed by atoms with van der Waals surface area (Å²) < 4.78 is 37.1. The van der Waals surface area contributed by atoms with Gasteiger partial charge in [0.25, 0.3) is 10.0 Å². The Bertz CT molecular complexity index is 564. The molecular formula is C11H20N4O5S. The molecule has 1 rings (SSSR count). The van der Waals surface area contributed by atoms with E-state index in [-0.39, 0.29) is 37.0 Å². The fourth-order valence-corrected chi connectivity index (χ4v) is 3.36. The van der Waals surface area contributed by atoms with E-state index in [0.717, 1.165) is 4.31 Å². The number of aromatic nitrogens is 2. The van der Waals surface area contributed by atoms with Crippen molar-refractivity contribution >= 4 is 21.8 Å². The number of nitrogen functional groups attached to an aromatic ring is 1.